The van der Waals surface area contributed by atoms with E-state index in [1.165, 1.54) is 0 Å². The lowest BCUT2D eigenvalue weighted by molar-refractivity contribution is 0.103. The summed E-state index contributed by atoms with van der Waals surface area (Å²) in [6, 6.07) is 30.1. The second-order valence-electron chi connectivity index (χ2n) is 7.45. The molecule has 156 valence electrons. The highest BCUT2D eigenvalue weighted by atomic mass is 35.5. The molecule has 0 saturated heterocycles. The fraction of sp³-hybridized carbons (Fsp3) is 0. The van der Waals surface area contributed by atoms with Crippen molar-refractivity contribution < 1.29 is 4.79 Å². The van der Waals surface area contributed by atoms with Crippen LogP contribution in [0.15, 0.2) is 110 Å². The fourth-order valence-electron chi connectivity index (χ4n) is 3.45. The number of carbonyl (C=O) groups excluding carboxylic acids is 1. The van der Waals surface area contributed by atoms with Crippen molar-refractivity contribution in [1.29, 1.82) is 0 Å². The molecule has 0 aliphatic carbocycles. The van der Waals surface area contributed by atoms with Gasteiger partial charge in [0.05, 0.1) is 0 Å². The Bertz CT molecular complexity index is 1180. The minimum atomic E-state index is -0.0303. The average molecular weight is 455 g/mol. The third kappa shape index (κ3) is 4.75. The lowest BCUT2D eigenvalue weighted by Crippen LogP contribution is -2.01. The monoisotopic (exact) mass is 454 g/mol. The molecule has 0 N–H and O–H groups in total. The number of rotatable bonds is 6. The van der Waals surface area contributed by atoms with Gasteiger partial charge < -0.3 is 0 Å². The molecule has 4 aromatic rings. The van der Waals surface area contributed by atoms with Crippen LogP contribution in [0.3, 0.4) is 0 Å². The molecule has 0 unspecified atom stereocenters. The summed E-state index contributed by atoms with van der Waals surface area (Å²) < 4.78 is 0. The normalized spacial score (nSPS) is 10.6. The van der Waals surface area contributed by atoms with Gasteiger partial charge in [-0.05, 0) is 57.7 Å². The summed E-state index contributed by atoms with van der Waals surface area (Å²) >= 11 is 11.9. The number of carbonyl (C=O) groups is 1. The van der Waals surface area contributed by atoms with Gasteiger partial charge in [-0.1, -0.05) is 109 Å². The largest absolute Gasteiger partial charge is 0.289 e. The van der Waals surface area contributed by atoms with Crippen LogP contribution in [0.1, 0.15) is 38.2 Å². The van der Waals surface area contributed by atoms with Gasteiger partial charge in [-0.25, -0.2) is 0 Å². The van der Waals surface area contributed by atoms with E-state index in [1.54, 1.807) is 0 Å². The standard InChI is InChI=1S/C29H20Cl2O/c1-19(23-11-15-27(30)16-12-23)21-3-7-25(8-4-21)29(32)26-9-5-22(6-10-26)20(2)24-13-17-28(31)18-14-24/h3-18H,1-2H2. The topological polar surface area (TPSA) is 17.1 Å². The molecule has 3 heteroatoms. The third-order valence-corrected chi connectivity index (χ3v) is 5.88. The zero-order chi connectivity index (χ0) is 22.7. The van der Waals surface area contributed by atoms with Crippen LogP contribution in [0.2, 0.25) is 10.0 Å². The van der Waals surface area contributed by atoms with E-state index >= 15 is 0 Å². The van der Waals surface area contributed by atoms with Crippen LogP contribution >= 0.6 is 23.2 Å². The predicted molar refractivity (Wildman–Crippen MR) is 135 cm³/mol. The number of benzene rings is 4. The summed E-state index contributed by atoms with van der Waals surface area (Å²) in [6.07, 6.45) is 0. The second kappa shape index (κ2) is 9.40. The number of halogens is 2. The Balaban J connectivity index is 1.49. The quantitative estimate of drug-likeness (QED) is 0.267. The van der Waals surface area contributed by atoms with E-state index in [9.17, 15) is 4.79 Å². The molecule has 0 aromatic heterocycles. The first-order valence-electron chi connectivity index (χ1n) is 10.1. The van der Waals surface area contributed by atoms with Gasteiger partial charge in [-0.3, -0.25) is 4.79 Å². The molecule has 0 aliphatic heterocycles. The van der Waals surface area contributed by atoms with Gasteiger partial charge in [0.1, 0.15) is 0 Å². The maximum Gasteiger partial charge on any atom is 0.193 e. The van der Waals surface area contributed by atoms with E-state index in [-0.39, 0.29) is 5.78 Å². The van der Waals surface area contributed by atoms with Crippen molar-refractivity contribution in [2.75, 3.05) is 0 Å². The fourth-order valence-corrected chi connectivity index (χ4v) is 3.70. The highest BCUT2D eigenvalue weighted by Crippen LogP contribution is 2.26. The molecular weight excluding hydrogens is 435 g/mol. The van der Waals surface area contributed by atoms with Crippen LogP contribution < -0.4 is 0 Å². The van der Waals surface area contributed by atoms with Crippen molar-refractivity contribution in [1.82, 2.24) is 0 Å². The molecule has 0 radical (unpaired) electrons. The number of hydrogen-bond acceptors (Lipinski definition) is 1. The van der Waals surface area contributed by atoms with Gasteiger partial charge in [0.2, 0.25) is 0 Å². The summed E-state index contributed by atoms with van der Waals surface area (Å²) in [4.78, 5) is 12.9. The molecule has 0 aliphatic rings. The summed E-state index contributed by atoms with van der Waals surface area (Å²) in [7, 11) is 0. The van der Waals surface area contributed by atoms with Gasteiger partial charge in [-0.15, -0.1) is 0 Å². The second-order valence-corrected chi connectivity index (χ2v) is 8.33. The van der Waals surface area contributed by atoms with Gasteiger partial charge in [-0.2, -0.15) is 0 Å². The van der Waals surface area contributed by atoms with Crippen molar-refractivity contribution in [3.63, 3.8) is 0 Å². The molecule has 0 amide bonds. The summed E-state index contributed by atoms with van der Waals surface area (Å²) in [5.74, 6) is -0.0303. The number of ketones is 1. The Morgan fingerprint density at radius 1 is 0.438 bits per heavy atom. The first kappa shape index (κ1) is 21.8. The van der Waals surface area contributed by atoms with E-state index in [2.05, 4.69) is 13.2 Å². The van der Waals surface area contributed by atoms with Crippen LogP contribution in [0.25, 0.3) is 11.1 Å². The predicted octanol–water partition coefficient (Wildman–Crippen LogP) is 8.35. The molecule has 0 heterocycles. The molecule has 32 heavy (non-hydrogen) atoms. The molecule has 0 bridgehead atoms. The molecule has 0 atom stereocenters. The van der Waals surface area contributed by atoms with Gasteiger partial charge >= 0.3 is 0 Å². The van der Waals surface area contributed by atoms with Gasteiger partial charge in [0.25, 0.3) is 0 Å². The summed E-state index contributed by atoms with van der Waals surface area (Å²) in [5, 5.41) is 1.37. The van der Waals surface area contributed by atoms with E-state index in [0.29, 0.717) is 21.2 Å². The first-order chi connectivity index (χ1) is 15.4. The van der Waals surface area contributed by atoms with Crippen LogP contribution in [0, 0.1) is 0 Å². The summed E-state index contributed by atoms with van der Waals surface area (Å²) in [5.41, 5.74) is 6.91. The first-order valence-corrected chi connectivity index (χ1v) is 10.8. The number of hydrogen-bond donors (Lipinski definition) is 0. The zero-order valence-electron chi connectivity index (χ0n) is 17.3. The average Bonchev–Trinajstić information content (AvgIpc) is 2.84. The Morgan fingerprint density at radius 2 is 0.656 bits per heavy atom. The highest BCUT2D eigenvalue weighted by Gasteiger charge is 2.11. The van der Waals surface area contributed by atoms with Gasteiger partial charge in [0, 0.05) is 21.2 Å². The Kier molecular flexibility index (Phi) is 6.41. The maximum absolute atomic E-state index is 12.9. The Morgan fingerprint density at radius 3 is 0.938 bits per heavy atom. The minimum absolute atomic E-state index is 0.0303. The van der Waals surface area contributed by atoms with Crippen LogP contribution in [0.5, 0.6) is 0 Å². The Hall–Kier alpha value is -3.39. The van der Waals surface area contributed by atoms with Gasteiger partial charge in [0.15, 0.2) is 5.78 Å². The Labute approximate surface area is 198 Å². The highest BCUT2D eigenvalue weighted by molar-refractivity contribution is 6.30. The molecule has 0 saturated carbocycles. The summed E-state index contributed by atoms with van der Waals surface area (Å²) in [6.45, 7) is 8.34. The van der Waals surface area contributed by atoms with Crippen LogP contribution in [-0.2, 0) is 0 Å². The molecule has 4 aromatic carbocycles. The lowest BCUT2D eigenvalue weighted by atomic mass is 9.95. The van der Waals surface area contributed by atoms with E-state index in [1.807, 2.05) is 97.1 Å². The van der Waals surface area contributed by atoms with Crippen molar-refractivity contribution in [3.8, 4) is 0 Å². The van der Waals surface area contributed by atoms with Crippen molar-refractivity contribution in [2.24, 2.45) is 0 Å². The lowest BCUT2D eigenvalue weighted by Gasteiger charge is -2.09. The van der Waals surface area contributed by atoms with Crippen molar-refractivity contribution >= 4 is 40.1 Å². The maximum atomic E-state index is 12.9. The van der Waals surface area contributed by atoms with E-state index < -0.39 is 0 Å². The molecule has 0 fully saturated rings. The van der Waals surface area contributed by atoms with Crippen LogP contribution in [0.4, 0.5) is 0 Å². The van der Waals surface area contributed by atoms with Crippen molar-refractivity contribution in [3.05, 3.63) is 154 Å². The SMILES string of the molecule is C=C(c1ccc(Cl)cc1)c1ccc(C(=O)c2ccc(C(=C)c3ccc(Cl)cc3)cc2)cc1. The smallest absolute Gasteiger partial charge is 0.193 e. The van der Waals surface area contributed by atoms with Crippen LogP contribution in [-0.4, -0.2) is 5.78 Å². The molecule has 0 spiro atoms. The molecule has 4 rings (SSSR count). The van der Waals surface area contributed by atoms with E-state index in [0.717, 1.165) is 33.4 Å². The third-order valence-electron chi connectivity index (χ3n) is 5.38. The minimum Gasteiger partial charge on any atom is -0.289 e. The zero-order valence-corrected chi connectivity index (χ0v) is 18.8. The molecular formula is C29H20Cl2O. The van der Waals surface area contributed by atoms with E-state index in [4.69, 9.17) is 23.2 Å². The van der Waals surface area contributed by atoms with Crippen molar-refractivity contribution in [2.45, 2.75) is 0 Å². The molecule has 1 nitrogen and oxygen atoms in total.